The standard InChI is InChI=1S/C14H12ClNO3/c15-11-3-4-13(12(8-11)14(17)18)19-7-5-10-2-1-6-16-9-10/h1-4,6,8-9H,5,7H2,(H,17,18). The first kappa shape index (κ1) is 13.4. The Hall–Kier alpha value is -2.07. The summed E-state index contributed by atoms with van der Waals surface area (Å²) in [6.45, 7) is 0.383. The molecule has 1 heterocycles. The molecule has 0 bridgehead atoms. The number of aromatic nitrogens is 1. The summed E-state index contributed by atoms with van der Waals surface area (Å²) in [5, 5.41) is 9.43. The minimum Gasteiger partial charge on any atom is -0.492 e. The van der Waals surface area contributed by atoms with E-state index in [4.69, 9.17) is 21.4 Å². The number of carboxylic acid groups (broad SMARTS) is 1. The number of carbonyl (C=O) groups is 1. The quantitative estimate of drug-likeness (QED) is 0.912. The minimum atomic E-state index is -1.06. The van der Waals surface area contributed by atoms with Crippen molar-refractivity contribution < 1.29 is 14.6 Å². The fraction of sp³-hybridized carbons (Fsp3) is 0.143. The van der Waals surface area contributed by atoms with E-state index in [2.05, 4.69) is 4.98 Å². The summed E-state index contributed by atoms with van der Waals surface area (Å²) in [5.74, 6) is -0.736. The third-order valence-corrected chi connectivity index (χ3v) is 2.78. The van der Waals surface area contributed by atoms with Crippen LogP contribution in [0, 0.1) is 0 Å². The Labute approximate surface area is 115 Å². The van der Waals surface area contributed by atoms with E-state index in [0.717, 1.165) is 5.56 Å². The number of carboxylic acids is 1. The van der Waals surface area contributed by atoms with Gasteiger partial charge in [0.1, 0.15) is 11.3 Å². The molecular weight excluding hydrogens is 266 g/mol. The minimum absolute atomic E-state index is 0.0682. The maximum Gasteiger partial charge on any atom is 0.339 e. The van der Waals surface area contributed by atoms with Crippen LogP contribution in [0.2, 0.25) is 5.02 Å². The third kappa shape index (κ3) is 3.69. The molecule has 98 valence electrons. The molecule has 0 radical (unpaired) electrons. The van der Waals surface area contributed by atoms with Crippen LogP contribution in [-0.2, 0) is 6.42 Å². The van der Waals surface area contributed by atoms with Gasteiger partial charge in [-0.15, -0.1) is 0 Å². The van der Waals surface area contributed by atoms with Crippen LogP contribution in [0.3, 0.4) is 0 Å². The van der Waals surface area contributed by atoms with Gasteiger partial charge in [-0.2, -0.15) is 0 Å². The highest BCUT2D eigenvalue weighted by Gasteiger charge is 2.11. The van der Waals surface area contributed by atoms with Gasteiger partial charge in [-0.05, 0) is 29.8 Å². The average Bonchev–Trinajstić information content (AvgIpc) is 2.41. The van der Waals surface area contributed by atoms with E-state index >= 15 is 0 Å². The van der Waals surface area contributed by atoms with Crippen molar-refractivity contribution in [3.63, 3.8) is 0 Å². The first-order chi connectivity index (χ1) is 9.16. The summed E-state index contributed by atoms with van der Waals surface area (Å²) in [4.78, 5) is 15.1. The Morgan fingerprint density at radius 3 is 2.89 bits per heavy atom. The van der Waals surface area contributed by atoms with Crippen LogP contribution in [0.5, 0.6) is 5.75 Å². The number of benzene rings is 1. The lowest BCUT2D eigenvalue weighted by atomic mass is 10.2. The number of halogens is 1. The summed E-state index contributed by atoms with van der Waals surface area (Å²) in [6.07, 6.45) is 4.12. The highest BCUT2D eigenvalue weighted by Crippen LogP contribution is 2.23. The van der Waals surface area contributed by atoms with E-state index in [9.17, 15) is 4.79 Å². The van der Waals surface area contributed by atoms with Crippen molar-refractivity contribution in [2.45, 2.75) is 6.42 Å². The second-order valence-corrected chi connectivity index (χ2v) is 4.34. The molecule has 2 aromatic rings. The monoisotopic (exact) mass is 277 g/mol. The predicted octanol–water partition coefficient (Wildman–Crippen LogP) is 3.05. The zero-order valence-corrected chi connectivity index (χ0v) is 10.8. The average molecular weight is 278 g/mol. The number of hydrogen-bond acceptors (Lipinski definition) is 3. The Balaban J connectivity index is 2.02. The van der Waals surface area contributed by atoms with Gasteiger partial charge in [-0.25, -0.2) is 4.79 Å². The molecule has 4 nitrogen and oxygen atoms in total. The maximum atomic E-state index is 11.1. The van der Waals surface area contributed by atoms with Gasteiger partial charge in [0.15, 0.2) is 0 Å². The smallest absolute Gasteiger partial charge is 0.339 e. The van der Waals surface area contributed by atoms with E-state index in [1.165, 1.54) is 6.07 Å². The van der Waals surface area contributed by atoms with Crippen LogP contribution in [0.4, 0.5) is 0 Å². The number of hydrogen-bond donors (Lipinski definition) is 1. The van der Waals surface area contributed by atoms with Gasteiger partial charge >= 0.3 is 5.97 Å². The molecule has 0 atom stereocenters. The zero-order valence-electron chi connectivity index (χ0n) is 10.0. The molecule has 0 spiro atoms. The van der Waals surface area contributed by atoms with Crippen LogP contribution in [0.1, 0.15) is 15.9 Å². The summed E-state index contributed by atoms with van der Waals surface area (Å²) in [6, 6.07) is 8.34. The van der Waals surface area contributed by atoms with E-state index in [0.29, 0.717) is 23.8 Å². The van der Waals surface area contributed by atoms with Crippen molar-refractivity contribution in [1.82, 2.24) is 4.98 Å². The Morgan fingerprint density at radius 2 is 2.21 bits per heavy atom. The second kappa shape index (κ2) is 6.20. The second-order valence-electron chi connectivity index (χ2n) is 3.91. The van der Waals surface area contributed by atoms with Crippen LogP contribution >= 0.6 is 11.6 Å². The van der Waals surface area contributed by atoms with E-state index in [-0.39, 0.29) is 5.56 Å². The zero-order chi connectivity index (χ0) is 13.7. The van der Waals surface area contributed by atoms with Gasteiger partial charge in [0.05, 0.1) is 6.61 Å². The number of aromatic carboxylic acids is 1. The van der Waals surface area contributed by atoms with Crippen molar-refractivity contribution in [3.8, 4) is 5.75 Å². The summed E-state index contributed by atoms with van der Waals surface area (Å²) < 4.78 is 5.49. The molecule has 0 fully saturated rings. The van der Waals surface area contributed by atoms with Gasteiger partial charge in [-0.1, -0.05) is 17.7 Å². The fourth-order valence-corrected chi connectivity index (χ4v) is 1.79. The van der Waals surface area contributed by atoms with Gasteiger partial charge in [0.2, 0.25) is 0 Å². The topological polar surface area (TPSA) is 59.4 Å². The molecule has 2 rings (SSSR count). The van der Waals surface area contributed by atoms with E-state index < -0.39 is 5.97 Å². The highest BCUT2D eigenvalue weighted by atomic mass is 35.5. The van der Waals surface area contributed by atoms with Gasteiger partial charge < -0.3 is 9.84 Å². The van der Waals surface area contributed by atoms with Crippen LogP contribution in [-0.4, -0.2) is 22.7 Å². The predicted molar refractivity (Wildman–Crippen MR) is 71.8 cm³/mol. The highest BCUT2D eigenvalue weighted by molar-refractivity contribution is 6.31. The SMILES string of the molecule is O=C(O)c1cc(Cl)ccc1OCCc1cccnc1. The fourth-order valence-electron chi connectivity index (χ4n) is 1.62. The third-order valence-electron chi connectivity index (χ3n) is 2.54. The van der Waals surface area contributed by atoms with Gasteiger partial charge in [0, 0.05) is 23.8 Å². The van der Waals surface area contributed by atoms with Crippen molar-refractivity contribution in [1.29, 1.82) is 0 Å². The van der Waals surface area contributed by atoms with Crippen LogP contribution < -0.4 is 4.74 Å². The van der Waals surface area contributed by atoms with Crippen LogP contribution in [0.15, 0.2) is 42.7 Å². The number of pyridine rings is 1. The van der Waals surface area contributed by atoms with Crippen molar-refractivity contribution in [2.75, 3.05) is 6.61 Å². The molecule has 1 N–H and O–H groups in total. The first-order valence-electron chi connectivity index (χ1n) is 5.71. The number of rotatable bonds is 5. The molecule has 0 amide bonds. The summed E-state index contributed by atoms with van der Waals surface area (Å²) in [5.41, 5.74) is 1.10. The molecule has 1 aromatic carbocycles. The molecule has 0 aliphatic carbocycles. The Bertz CT molecular complexity index is 572. The maximum absolute atomic E-state index is 11.1. The van der Waals surface area contributed by atoms with E-state index in [1.54, 1.807) is 24.5 Å². The van der Waals surface area contributed by atoms with Gasteiger partial charge in [0.25, 0.3) is 0 Å². The lowest BCUT2D eigenvalue weighted by Crippen LogP contribution is -2.06. The van der Waals surface area contributed by atoms with Crippen LogP contribution in [0.25, 0.3) is 0 Å². The molecule has 1 aromatic heterocycles. The number of ether oxygens (including phenoxy) is 1. The lowest BCUT2D eigenvalue weighted by Gasteiger charge is -2.09. The molecule has 0 saturated heterocycles. The molecular formula is C14H12ClNO3. The molecule has 0 aliphatic rings. The molecule has 19 heavy (non-hydrogen) atoms. The molecule has 0 unspecified atom stereocenters. The number of nitrogens with zero attached hydrogens (tertiary/aromatic N) is 1. The van der Waals surface area contributed by atoms with Crippen molar-refractivity contribution in [2.24, 2.45) is 0 Å². The lowest BCUT2D eigenvalue weighted by molar-refractivity contribution is 0.0692. The van der Waals surface area contributed by atoms with Crippen molar-refractivity contribution >= 4 is 17.6 Å². The normalized spacial score (nSPS) is 10.2. The molecule has 5 heteroatoms. The van der Waals surface area contributed by atoms with E-state index in [1.807, 2.05) is 12.1 Å². The Morgan fingerprint density at radius 1 is 1.37 bits per heavy atom. The summed E-state index contributed by atoms with van der Waals surface area (Å²) in [7, 11) is 0. The summed E-state index contributed by atoms with van der Waals surface area (Å²) >= 11 is 5.76. The first-order valence-corrected chi connectivity index (χ1v) is 6.09. The molecule has 0 aliphatic heterocycles. The van der Waals surface area contributed by atoms with Gasteiger partial charge in [-0.3, -0.25) is 4.98 Å². The largest absolute Gasteiger partial charge is 0.492 e. The van der Waals surface area contributed by atoms with Crippen molar-refractivity contribution in [3.05, 3.63) is 58.9 Å². The Kier molecular flexibility index (Phi) is 4.36. The molecule has 0 saturated carbocycles.